The second-order valence-corrected chi connectivity index (χ2v) is 7.50. The molecule has 7 heteroatoms. The second-order valence-electron chi connectivity index (χ2n) is 7.50. The van der Waals surface area contributed by atoms with E-state index in [4.69, 9.17) is 9.47 Å². The van der Waals surface area contributed by atoms with Crippen molar-refractivity contribution in [2.45, 2.75) is 32.7 Å². The van der Waals surface area contributed by atoms with Gasteiger partial charge in [-0.05, 0) is 50.3 Å². The summed E-state index contributed by atoms with van der Waals surface area (Å²) in [5.41, 5.74) is 1.43. The minimum atomic E-state index is -0.298. The Morgan fingerprint density at radius 1 is 1.14 bits per heavy atom. The molecule has 0 aromatic heterocycles. The molecule has 7 nitrogen and oxygen atoms in total. The van der Waals surface area contributed by atoms with E-state index < -0.39 is 0 Å². The van der Waals surface area contributed by atoms with Crippen LogP contribution in [0.2, 0.25) is 0 Å². The first kappa shape index (κ1) is 20.2. The Balaban J connectivity index is 2.12. The standard InChI is InChI=1S/C21H28N2O5/c1-13(2)23-20(25)18(15-7-8-16(27-3)17(10-15)28-4)19(21(23)26)22-9-5-6-14(11-22)12-24/h7-8,10,13-14,24H,5-6,9,11-12H2,1-4H3. The lowest BCUT2D eigenvalue weighted by molar-refractivity contribution is -0.139. The highest BCUT2D eigenvalue weighted by Crippen LogP contribution is 2.38. The normalized spacial score (nSPS) is 20.4. The number of benzene rings is 1. The number of amides is 2. The van der Waals surface area contributed by atoms with Crippen LogP contribution in [0.25, 0.3) is 5.57 Å². The lowest BCUT2D eigenvalue weighted by atomic mass is 9.96. The van der Waals surface area contributed by atoms with Crippen molar-refractivity contribution in [3.8, 4) is 11.5 Å². The molecule has 0 radical (unpaired) electrons. The molecule has 152 valence electrons. The predicted molar refractivity (Wildman–Crippen MR) is 105 cm³/mol. The van der Waals surface area contributed by atoms with Crippen LogP contribution in [0, 0.1) is 5.92 Å². The van der Waals surface area contributed by atoms with E-state index >= 15 is 0 Å². The molecule has 2 heterocycles. The number of hydrogen-bond donors (Lipinski definition) is 1. The number of aliphatic hydroxyl groups excluding tert-OH is 1. The molecule has 0 spiro atoms. The molecule has 1 aromatic carbocycles. The maximum Gasteiger partial charge on any atom is 0.278 e. The molecule has 1 saturated heterocycles. The average Bonchev–Trinajstić information content (AvgIpc) is 2.97. The van der Waals surface area contributed by atoms with E-state index in [1.807, 2.05) is 18.7 Å². The van der Waals surface area contributed by atoms with Gasteiger partial charge in [-0.25, -0.2) is 0 Å². The van der Waals surface area contributed by atoms with Crippen LogP contribution >= 0.6 is 0 Å². The zero-order chi connectivity index (χ0) is 20.4. The highest BCUT2D eigenvalue weighted by Gasteiger charge is 2.43. The Bertz CT molecular complexity index is 802. The van der Waals surface area contributed by atoms with Crippen molar-refractivity contribution in [2.24, 2.45) is 5.92 Å². The summed E-state index contributed by atoms with van der Waals surface area (Å²) in [4.78, 5) is 29.7. The Hall–Kier alpha value is -2.54. The fraction of sp³-hybridized carbons (Fsp3) is 0.524. The summed E-state index contributed by atoms with van der Waals surface area (Å²) in [6.07, 6.45) is 1.79. The fourth-order valence-corrected chi connectivity index (χ4v) is 3.97. The van der Waals surface area contributed by atoms with Gasteiger partial charge in [-0.3, -0.25) is 14.5 Å². The van der Waals surface area contributed by atoms with Crippen LogP contribution < -0.4 is 9.47 Å². The van der Waals surface area contributed by atoms with Gasteiger partial charge in [0.15, 0.2) is 11.5 Å². The summed E-state index contributed by atoms with van der Waals surface area (Å²) >= 11 is 0. The quantitative estimate of drug-likeness (QED) is 0.750. The lowest BCUT2D eigenvalue weighted by Crippen LogP contribution is -2.42. The first-order chi connectivity index (χ1) is 13.4. The van der Waals surface area contributed by atoms with E-state index in [0.717, 1.165) is 12.8 Å². The van der Waals surface area contributed by atoms with E-state index in [1.54, 1.807) is 25.3 Å². The molecular formula is C21H28N2O5. The van der Waals surface area contributed by atoms with Gasteiger partial charge in [0.25, 0.3) is 11.8 Å². The van der Waals surface area contributed by atoms with E-state index in [1.165, 1.54) is 12.0 Å². The Kier molecular flexibility index (Phi) is 5.93. The molecule has 0 saturated carbocycles. The summed E-state index contributed by atoms with van der Waals surface area (Å²) in [5.74, 6) is 0.590. The fourth-order valence-electron chi connectivity index (χ4n) is 3.97. The maximum absolute atomic E-state index is 13.2. The number of hydrogen-bond acceptors (Lipinski definition) is 6. The van der Waals surface area contributed by atoms with Crippen LogP contribution in [0.4, 0.5) is 0 Å². The maximum atomic E-state index is 13.2. The third-order valence-corrected chi connectivity index (χ3v) is 5.37. The summed E-state index contributed by atoms with van der Waals surface area (Å²) in [6, 6.07) is 5.00. The minimum Gasteiger partial charge on any atom is -0.493 e. The lowest BCUT2D eigenvalue weighted by Gasteiger charge is -2.34. The minimum absolute atomic E-state index is 0.0749. The van der Waals surface area contributed by atoms with Crippen LogP contribution in [0.3, 0.4) is 0 Å². The van der Waals surface area contributed by atoms with Gasteiger partial charge < -0.3 is 19.5 Å². The van der Waals surface area contributed by atoms with Crippen LogP contribution in [0.5, 0.6) is 11.5 Å². The monoisotopic (exact) mass is 388 g/mol. The van der Waals surface area contributed by atoms with Crippen LogP contribution in [0.1, 0.15) is 32.3 Å². The van der Waals surface area contributed by atoms with Crippen molar-refractivity contribution in [3.63, 3.8) is 0 Å². The third-order valence-electron chi connectivity index (χ3n) is 5.37. The van der Waals surface area contributed by atoms with E-state index in [2.05, 4.69) is 0 Å². The first-order valence-electron chi connectivity index (χ1n) is 9.63. The van der Waals surface area contributed by atoms with Gasteiger partial charge in [0.1, 0.15) is 5.70 Å². The SMILES string of the molecule is COc1ccc(C2=C(N3CCCC(CO)C3)C(=O)N(C(C)C)C2=O)cc1OC. The molecule has 1 atom stereocenters. The van der Waals surface area contributed by atoms with Crippen molar-refractivity contribution in [1.29, 1.82) is 0 Å². The highest BCUT2D eigenvalue weighted by atomic mass is 16.5. The summed E-state index contributed by atoms with van der Waals surface area (Å²) in [5, 5.41) is 9.58. The number of piperidine rings is 1. The number of nitrogens with zero attached hydrogens (tertiary/aromatic N) is 2. The van der Waals surface area contributed by atoms with Crippen molar-refractivity contribution in [3.05, 3.63) is 29.5 Å². The highest BCUT2D eigenvalue weighted by molar-refractivity contribution is 6.35. The molecule has 3 rings (SSSR count). The summed E-state index contributed by atoms with van der Waals surface area (Å²) in [7, 11) is 3.09. The number of carbonyl (C=O) groups excluding carboxylic acids is 2. The Morgan fingerprint density at radius 3 is 2.46 bits per heavy atom. The molecule has 2 aliphatic heterocycles. The molecule has 28 heavy (non-hydrogen) atoms. The zero-order valence-electron chi connectivity index (χ0n) is 16.9. The van der Waals surface area contributed by atoms with Gasteiger partial charge in [-0.1, -0.05) is 6.07 Å². The molecule has 1 aromatic rings. The second kappa shape index (κ2) is 8.22. The molecule has 2 amide bonds. The molecular weight excluding hydrogens is 360 g/mol. The number of rotatable bonds is 6. The van der Waals surface area contributed by atoms with E-state index in [0.29, 0.717) is 41.4 Å². The topological polar surface area (TPSA) is 79.3 Å². The number of likely N-dealkylation sites (tertiary alicyclic amines) is 1. The zero-order valence-corrected chi connectivity index (χ0v) is 16.9. The van der Waals surface area contributed by atoms with Gasteiger partial charge in [-0.15, -0.1) is 0 Å². The average molecular weight is 388 g/mol. The predicted octanol–water partition coefficient (Wildman–Crippen LogP) is 1.90. The van der Waals surface area contributed by atoms with Crippen LogP contribution in [-0.4, -0.2) is 66.7 Å². The summed E-state index contributed by atoms with van der Waals surface area (Å²) < 4.78 is 10.7. The van der Waals surface area contributed by atoms with Crippen molar-refractivity contribution < 1.29 is 24.2 Å². The molecule has 0 bridgehead atoms. The number of aliphatic hydroxyl groups is 1. The number of methoxy groups -OCH3 is 2. The smallest absolute Gasteiger partial charge is 0.278 e. The van der Waals surface area contributed by atoms with E-state index in [9.17, 15) is 14.7 Å². The molecule has 1 unspecified atom stereocenters. The Labute approximate surface area is 165 Å². The molecule has 2 aliphatic rings. The number of imide groups is 1. The van der Waals surface area contributed by atoms with Crippen molar-refractivity contribution in [1.82, 2.24) is 9.80 Å². The van der Waals surface area contributed by atoms with Gasteiger partial charge in [0, 0.05) is 25.7 Å². The van der Waals surface area contributed by atoms with Gasteiger partial charge in [0.05, 0.1) is 19.8 Å². The van der Waals surface area contributed by atoms with Gasteiger partial charge in [0.2, 0.25) is 0 Å². The van der Waals surface area contributed by atoms with E-state index in [-0.39, 0.29) is 30.4 Å². The van der Waals surface area contributed by atoms with Gasteiger partial charge in [-0.2, -0.15) is 0 Å². The van der Waals surface area contributed by atoms with Crippen molar-refractivity contribution in [2.75, 3.05) is 33.9 Å². The molecule has 1 N–H and O–H groups in total. The summed E-state index contributed by atoms with van der Waals surface area (Å²) in [6.45, 7) is 4.99. The molecule has 0 aliphatic carbocycles. The van der Waals surface area contributed by atoms with Crippen LogP contribution in [0.15, 0.2) is 23.9 Å². The number of ether oxygens (including phenoxy) is 2. The largest absolute Gasteiger partial charge is 0.493 e. The third kappa shape index (κ3) is 3.46. The Morgan fingerprint density at radius 2 is 1.86 bits per heavy atom. The van der Waals surface area contributed by atoms with Gasteiger partial charge >= 0.3 is 0 Å². The van der Waals surface area contributed by atoms with Crippen molar-refractivity contribution >= 4 is 17.4 Å². The molecule has 1 fully saturated rings. The van der Waals surface area contributed by atoms with Crippen LogP contribution in [-0.2, 0) is 9.59 Å². The number of carbonyl (C=O) groups is 2. The first-order valence-corrected chi connectivity index (χ1v) is 9.63.